The molecule has 1 aromatic rings. The molecule has 0 aromatic heterocycles. The number of aliphatic carboxylic acids is 1. The van der Waals surface area contributed by atoms with E-state index in [-0.39, 0.29) is 0 Å². The van der Waals surface area contributed by atoms with Crippen LogP contribution in [0.1, 0.15) is 5.56 Å². The molecule has 0 unspecified atom stereocenters. The maximum Gasteiger partial charge on any atom is 0.137 e. The predicted molar refractivity (Wildman–Crippen MR) is 68.2 cm³/mol. The Labute approximate surface area is 112 Å². The van der Waals surface area contributed by atoms with E-state index in [2.05, 4.69) is 0 Å². The first-order chi connectivity index (χ1) is 9.02. The van der Waals surface area contributed by atoms with E-state index < -0.39 is 11.5 Å². The lowest BCUT2D eigenvalue weighted by Crippen LogP contribution is -3.06. The second kappa shape index (κ2) is 7.19. The normalized spacial score (nSPS) is 11.2. The van der Waals surface area contributed by atoms with Crippen LogP contribution in [0, 0.1) is 11.3 Å². The third-order valence-corrected chi connectivity index (χ3v) is 2.38. The molecule has 1 aromatic carbocycles. The number of benzene rings is 1. The Bertz CT molecular complexity index is 516. The summed E-state index contributed by atoms with van der Waals surface area (Å²) >= 11 is 0. The zero-order chi connectivity index (χ0) is 14.3. The Hall–Kier alpha value is -2.32. The van der Waals surface area contributed by atoms with Crippen LogP contribution in [0.15, 0.2) is 29.8 Å². The minimum atomic E-state index is -1.48. The highest BCUT2D eigenvalue weighted by molar-refractivity contribution is 5.95. The van der Waals surface area contributed by atoms with E-state index in [4.69, 9.17) is 10.00 Å². The molecule has 0 fully saturated rings. The van der Waals surface area contributed by atoms with Gasteiger partial charge in [-0.15, -0.1) is 0 Å². The maximum atomic E-state index is 10.6. The van der Waals surface area contributed by atoms with Gasteiger partial charge in [0.25, 0.3) is 0 Å². The van der Waals surface area contributed by atoms with E-state index in [9.17, 15) is 9.90 Å². The number of nitriles is 1. The summed E-state index contributed by atoms with van der Waals surface area (Å²) in [6, 6.07) is 8.50. The van der Waals surface area contributed by atoms with Gasteiger partial charge < -0.3 is 19.5 Å². The van der Waals surface area contributed by atoms with Crippen LogP contribution in [0.2, 0.25) is 0 Å². The number of likely N-dealkylation sites (N-methyl/N-ethyl adjacent to an activating group) is 1. The zero-order valence-corrected chi connectivity index (χ0v) is 11.0. The smallest absolute Gasteiger partial charge is 0.137 e. The Morgan fingerprint density at radius 1 is 1.53 bits per heavy atom. The van der Waals surface area contributed by atoms with Crippen molar-refractivity contribution in [3.63, 3.8) is 0 Å². The Morgan fingerprint density at radius 3 is 2.84 bits per heavy atom. The number of carboxylic acid groups (broad SMARTS) is 1. The largest absolute Gasteiger partial charge is 0.544 e. The molecular weight excluding hydrogens is 244 g/mol. The second-order valence-electron chi connectivity index (χ2n) is 4.34. The topological polar surface area (TPSA) is 77.6 Å². The van der Waals surface area contributed by atoms with E-state index in [1.807, 2.05) is 14.1 Å². The van der Waals surface area contributed by atoms with Crippen molar-refractivity contribution in [1.29, 1.82) is 5.26 Å². The lowest BCUT2D eigenvalue weighted by Gasteiger charge is -2.09. The van der Waals surface area contributed by atoms with Crippen LogP contribution in [0.3, 0.4) is 0 Å². The summed E-state index contributed by atoms with van der Waals surface area (Å²) in [5, 5.41) is 19.3. The molecule has 1 rings (SSSR count). The van der Waals surface area contributed by atoms with E-state index in [1.54, 1.807) is 30.3 Å². The number of rotatable bonds is 6. The van der Waals surface area contributed by atoms with E-state index in [0.29, 0.717) is 17.9 Å². The quantitative estimate of drug-likeness (QED) is 0.518. The van der Waals surface area contributed by atoms with Crippen LogP contribution < -0.4 is 14.7 Å². The van der Waals surface area contributed by atoms with Crippen molar-refractivity contribution in [1.82, 2.24) is 0 Å². The molecule has 0 saturated heterocycles. The number of ether oxygens (including phenoxy) is 1. The number of nitrogens with one attached hydrogen (secondary N) is 1. The summed E-state index contributed by atoms with van der Waals surface area (Å²) in [5.74, 6) is -0.837. The second-order valence-corrected chi connectivity index (χ2v) is 4.34. The molecule has 0 aliphatic rings. The average Bonchev–Trinajstić information content (AvgIpc) is 2.35. The fraction of sp³-hybridized carbons (Fsp3) is 0.286. The van der Waals surface area contributed by atoms with Crippen LogP contribution in [0.4, 0.5) is 0 Å². The third-order valence-electron chi connectivity index (χ3n) is 2.38. The highest BCUT2D eigenvalue weighted by Gasteiger charge is 2.00. The summed E-state index contributed by atoms with van der Waals surface area (Å²) in [7, 11) is 4.06. The molecule has 0 aliphatic heterocycles. The van der Waals surface area contributed by atoms with Crippen molar-refractivity contribution < 1.29 is 19.5 Å². The van der Waals surface area contributed by atoms with Gasteiger partial charge in [-0.05, 0) is 23.8 Å². The Balaban J connectivity index is 2.77. The van der Waals surface area contributed by atoms with Crippen molar-refractivity contribution in [3.8, 4) is 11.8 Å². The first kappa shape index (κ1) is 14.7. The fourth-order valence-electron chi connectivity index (χ4n) is 1.37. The minimum Gasteiger partial charge on any atom is -0.544 e. The van der Waals surface area contributed by atoms with Crippen LogP contribution in [-0.2, 0) is 4.79 Å². The van der Waals surface area contributed by atoms with Gasteiger partial charge in [-0.2, -0.15) is 5.26 Å². The predicted octanol–water partition coefficient (Wildman–Crippen LogP) is -1.13. The number of carbonyl (C=O) groups excluding carboxylic acids is 1. The first-order valence-electron chi connectivity index (χ1n) is 5.88. The van der Waals surface area contributed by atoms with Crippen molar-refractivity contribution in [2.24, 2.45) is 0 Å². The molecule has 0 heterocycles. The third kappa shape index (κ3) is 5.23. The fourth-order valence-corrected chi connectivity index (χ4v) is 1.37. The number of quaternary nitrogens is 1. The number of hydrogen-bond donors (Lipinski definition) is 1. The lowest BCUT2D eigenvalue weighted by molar-refractivity contribution is -0.858. The first-order valence-corrected chi connectivity index (χ1v) is 5.88. The zero-order valence-electron chi connectivity index (χ0n) is 11.0. The van der Waals surface area contributed by atoms with Gasteiger partial charge in [0.2, 0.25) is 0 Å². The molecule has 0 atom stereocenters. The molecular formula is C14H16N2O3. The lowest BCUT2D eigenvalue weighted by atomic mass is 10.1. The van der Waals surface area contributed by atoms with Crippen LogP contribution in [0.5, 0.6) is 5.75 Å². The Morgan fingerprint density at radius 2 is 2.26 bits per heavy atom. The molecule has 1 N–H and O–H groups in total. The molecule has 5 nitrogen and oxygen atoms in total. The van der Waals surface area contributed by atoms with Crippen molar-refractivity contribution in [2.75, 3.05) is 27.2 Å². The van der Waals surface area contributed by atoms with Gasteiger partial charge in [-0.25, -0.2) is 0 Å². The summed E-state index contributed by atoms with van der Waals surface area (Å²) < 4.78 is 5.54. The van der Waals surface area contributed by atoms with Crippen LogP contribution >= 0.6 is 0 Å². The SMILES string of the molecule is C[NH+](C)CCOc1cccc(/C=C(/C#N)C(=O)[O-])c1. The molecule has 5 heteroatoms. The van der Waals surface area contributed by atoms with Crippen molar-refractivity contribution >= 4 is 12.0 Å². The number of hydrogen-bond acceptors (Lipinski definition) is 4. The average molecular weight is 260 g/mol. The molecule has 0 aliphatic carbocycles. The molecule has 0 amide bonds. The maximum absolute atomic E-state index is 10.6. The highest BCUT2D eigenvalue weighted by atomic mass is 16.5. The van der Waals surface area contributed by atoms with Crippen molar-refractivity contribution in [2.45, 2.75) is 0 Å². The van der Waals surface area contributed by atoms with Gasteiger partial charge in [-0.3, -0.25) is 0 Å². The molecule has 19 heavy (non-hydrogen) atoms. The standard InChI is InChI=1S/C14H16N2O3/c1-16(2)6-7-19-13-5-3-4-11(9-13)8-12(10-15)14(17)18/h3-5,8-9H,6-7H2,1-2H3,(H,17,18)/b12-8-. The summed E-state index contributed by atoms with van der Waals surface area (Å²) in [4.78, 5) is 11.9. The summed E-state index contributed by atoms with van der Waals surface area (Å²) in [6.45, 7) is 1.43. The van der Waals surface area contributed by atoms with E-state index in [0.717, 1.165) is 6.54 Å². The van der Waals surface area contributed by atoms with E-state index >= 15 is 0 Å². The van der Waals surface area contributed by atoms with Crippen LogP contribution in [0.25, 0.3) is 6.08 Å². The van der Waals surface area contributed by atoms with Gasteiger partial charge >= 0.3 is 0 Å². The van der Waals surface area contributed by atoms with Gasteiger partial charge in [0.15, 0.2) is 0 Å². The molecule has 0 radical (unpaired) electrons. The number of carboxylic acids is 1. The van der Waals surface area contributed by atoms with Crippen molar-refractivity contribution in [3.05, 3.63) is 35.4 Å². The number of carbonyl (C=O) groups is 1. The van der Waals surface area contributed by atoms with Gasteiger partial charge in [-0.1, -0.05) is 12.1 Å². The summed E-state index contributed by atoms with van der Waals surface area (Å²) in [6.07, 6.45) is 1.26. The number of nitrogens with zero attached hydrogens (tertiary/aromatic N) is 1. The van der Waals surface area contributed by atoms with Gasteiger partial charge in [0.1, 0.15) is 25.0 Å². The van der Waals surface area contributed by atoms with Gasteiger partial charge in [0.05, 0.1) is 25.6 Å². The van der Waals surface area contributed by atoms with E-state index in [1.165, 1.54) is 11.0 Å². The monoisotopic (exact) mass is 260 g/mol. The molecule has 0 saturated carbocycles. The van der Waals surface area contributed by atoms with Crippen LogP contribution in [-0.4, -0.2) is 33.2 Å². The molecule has 100 valence electrons. The highest BCUT2D eigenvalue weighted by Crippen LogP contribution is 2.15. The Kier molecular flexibility index (Phi) is 5.58. The minimum absolute atomic E-state index is 0.408. The molecule has 0 bridgehead atoms. The summed E-state index contributed by atoms with van der Waals surface area (Å²) in [5.41, 5.74) is 0.185. The molecule has 0 spiro atoms. The van der Waals surface area contributed by atoms with Gasteiger partial charge in [0, 0.05) is 0 Å².